The summed E-state index contributed by atoms with van der Waals surface area (Å²) in [7, 11) is 0. The molecule has 0 aliphatic rings. The molecule has 0 spiro atoms. The van der Waals surface area contributed by atoms with Crippen molar-refractivity contribution >= 4 is 62.3 Å². The Labute approximate surface area is 156 Å². The van der Waals surface area contributed by atoms with Crippen molar-refractivity contribution in [2.24, 2.45) is 0 Å². The molecule has 122 valence electrons. The number of alkyl halides is 3. The van der Waals surface area contributed by atoms with Gasteiger partial charge in [-0.05, 0) is 48.5 Å². The lowest BCUT2D eigenvalue weighted by Gasteiger charge is -2.27. The van der Waals surface area contributed by atoms with Crippen LogP contribution in [0.25, 0.3) is 0 Å². The van der Waals surface area contributed by atoms with Gasteiger partial charge in [-0.25, -0.2) is 4.39 Å². The minimum Gasteiger partial charge on any atom is -0.362 e. The molecule has 0 unspecified atom stereocenters. The van der Waals surface area contributed by atoms with Gasteiger partial charge >= 0.3 is 0 Å². The van der Waals surface area contributed by atoms with E-state index in [1.165, 1.54) is 24.3 Å². The Bertz CT molecular complexity index is 675. The van der Waals surface area contributed by atoms with Gasteiger partial charge in [0, 0.05) is 15.7 Å². The van der Waals surface area contributed by atoms with Gasteiger partial charge in [0.2, 0.25) is 3.79 Å². The second kappa shape index (κ2) is 7.71. The highest BCUT2D eigenvalue weighted by molar-refractivity contribution is 9.10. The summed E-state index contributed by atoms with van der Waals surface area (Å²) in [5.41, 5.74) is 0.909. The largest absolute Gasteiger partial charge is 0.362 e. The fourth-order valence-electron chi connectivity index (χ4n) is 1.73. The molecule has 0 radical (unpaired) electrons. The molecule has 23 heavy (non-hydrogen) atoms. The molecule has 0 aromatic heterocycles. The number of hydrogen-bond acceptors (Lipinski definition) is 2. The summed E-state index contributed by atoms with van der Waals surface area (Å²) in [5.74, 6) is -0.932. The van der Waals surface area contributed by atoms with E-state index in [0.29, 0.717) is 5.69 Å². The van der Waals surface area contributed by atoms with Crippen molar-refractivity contribution < 1.29 is 9.18 Å². The van der Waals surface area contributed by atoms with Crippen molar-refractivity contribution in [2.45, 2.75) is 9.96 Å². The third kappa shape index (κ3) is 5.53. The van der Waals surface area contributed by atoms with Crippen molar-refractivity contribution in [3.8, 4) is 0 Å². The van der Waals surface area contributed by atoms with Crippen LogP contribution >= 0.6 is 50.7 Å². The first-order chi connectivity index (χ1) is 10.8. The third-order valence-electron chi connectivity index (χ3n) is 2.86. The highest BCUT2D eigenvalue weighted by Crippen LogP contribution is 2.31. The van der Waals surface area contributed by atoms with E-state index >= 15 is 0 Å². The van der Waals surface area contributed by atoms with E-state index in [4.69, 9.17) is 34.8 Å². The molecule has 2 N–H and O–H groups in total. The van der Waals surface area contributed by atoms with E-state index < -0.39 is 21.7 Å². The van der Waals surface area contributed by atoms with E-state index in [2.05, 4.69) is 26.6 Å². The number of carbonyl (C=O) groups is 1. The summed E-state index contributed by atoms with van der Waals surface area (Å²) in [4.78, 5) is 12.2. The van der Waals surface area contributed by atoms with E-state index in [1.54, 1.807) is 24.3 Å². The summed E-state index contributed by atoms with van der Waals surface area (Å²) in [6, 6.07) is 12.2. The average molecular weight is 441 g/mol. The van der Waals surface area contributed by atoms with E-state index in [1.807, 2.05) is 0 Å². The predicted octanol–water partition coefficient (Wildman–Crippen LogP) is 5.13. The van der Waals surface area contributed by atoms with Gasteiger partial charge in [0.05, 0.1) is 0 Å². The van der Waals surface area contributed by atoms with Gasteiger partial charge < -0.3 is 10.6 Å². The Morgan fingerprint density at radius 3 is 2.13 bits per heavy atom. The van der Waals surface area contributed by atoms with Gasteiger partial charge in [-0.15, -0.1) is 0 Å². The number of hydrogen-bond donors (Lipinski definition) is 2. The standard InChI is InChI=1S/C15H11BrCl3FN2O/c16-10-3-7-12(8-4-10)21-14(15(17,18)19)22-13(23)9-1-5-11(20)6-2-9/h1-8,14,21H,(H,22,23)/t14-/m1/s1. The van der Waals surface area contributed by atoms with Gasteiger partial charge in [0.1, 0.15) is 12.0 Å². The van der Waals surface area contributed by atoms with Crippen LogP contribution < -0.4 is 10.6 Å². The van der Waals surface area contributed by atoms with Crippen molar-refractivity contribution in [3.63, 3.8) is 0 Å². The Balaban J connectivity index is 2.14. The van der Waals surface area contributed by atoms with Crippen LogP contribution in [0.5, 0.6) is 0 Å². The van der Waals surface area contributed by atoms with Crippen molar-refractivity contribution in [2.75, 3.05) is 5.32 Å². The van der Waals surface area contributed by atoms with E-state index in [9.17, 15) is 9.18 Å². The summed E-state index contributed by atoms with van der Waals surface area (Å²) >= 11 is 21.1. The Hall–Kier alpha value is -1.01. The van der Waals surface area contributed by atoms with Crippen LogP contribution in [0.4, 0.5) is 10.1 Å². The number of halogens is 5. The van der Waals surface area contributed by atoms with Gasteiger partial charge in [-0.3, -0.25) is 4.79 Å². The predicted molar refractivity (Wildman–Crippen MR) is 95.7 cm³/mol. The summed E-state index contributed by atoms with van der Waals surface area (Å²) < 4.78 is 12.0. The maximum Gasteiger partial charge on any atom is 0.252 e. The maximum absolute atomic E-state index is 12.9. The molecule has 2 aromatic carbocycles. The van der Waals surface area contributed by atoms with Gasteiger partial charge in [-0.1, -0.05) is 50.7 Å². The molecular formula is C15H11BrCl3FN2O. The zero-order chi connectivity index (χ0) is 17.0. The molecule has 2 aromatic rings. The molecule has 0 heterocycles. The summed E-state index contributed by atoms with van der Waals surface area (Å²) in [6.45, 7) is 0. The van der Waals surface area contributed by atoms with Crippen LogP contribution in [-0.4, -0.2) is 15.9 Å². The number of amides is 1. The lowest BCUT2D eigenvalue weighted by Crippen LogP contribution is -2.49. The molecule has 0 bridgehead atoms. The molecule has 1 amide bonds. The molecular weight excluding hydrogens is 429 g/mol. The lowest BCUT2D eigenvalue weighted by molar-refractivity contribution is 0.0942. The van der Waals surface area contributed by atoms with Crippen molar-refractivity contribution in [3.05, 3.63) is 64.4 Å². The first-order valence-corrected chi connectivity index (χ1v) is 8.33. The Kier molecular flexibility index (Phi) is 6.14. The van der Waals surface area contributed by atoms with Crippen LogP contribution in [0, 0.1) is 5.82 Å². The highest BCUT2D eigenvalue weighted by atomic mass is 79.9. The summed E-state index contributed by atoms with van der Waals surface area (Å²) in [5, 5.41) is 5.51. The smallest absolute Gasteiger partial charge is 0.252 e. The molecule has 3 nitrogen and oxygen atoms in total. The average Bonchev–Trinajstić information content (AvgIpc) is 2.48. The monoisotopic (exact) mass is 438 g/mol. The molecule has 0 saturated carbocycles. The van der Waals surface area contributed by atoms with Crippen molar-refractivity contribution in [1.29, 1.82) is 0 Å². The van der Waals surface area contributed by atoms with Gasteiger partial charge in [0.15, 0.2) is 0 Å². The van der Waals surface area contributed by atoms with Crippen LogP contribution in [-0.2, 0) is 0 Å². The Morgan fingerprint density at radius 2 is 1.61 bits per heavy atom. The van der Waals surface area contributed by atoms with Crippen LogP contribution in [0.1, 0.15) is 10.4 Å². The zero-order valence-electron chi connectivity index (χ0n) is 11.5. The highest BCUT2D eigenvalue weighted by Gasteiger charge is 2.34. The molecule has 0 aliphatic carbocycles. The number of rotatable bonds is 4. The second-order valence-electron chi connectivity index (χ2n) is 4.61. The van der Waals surface area contributed by atoms with Crippen LogP contribution in [0.3, 0.4) is 0 Å². The molecule has 1 atom stereocenters. The topological polar surface area (TPSA) is 41.1 Å². The number of carbonyl (C=O) groups excluding carboxylic acids is 1. The first kappa shape index (κ1) is 18.3. The van der Waals surface area contributed by atoms with E-state index in [-0.39, 0.29) is 5.56 Å². The molecule has 8 heteroatoms. The third-order valence-corrected chi connectivity index (χ3v) is 4.05. The Morgan fingerprint density at radius 1 is 1.04 bits per heavy atom. The van der Waals surface area contributed by atoms with Gasteiger partial charge in [0.25, 0.3) is 5.91 Å². The van der Waals surface area contributed by atoms with Crippen LogP contribution in [0.15, 0.2) is 53.0 Å². The minimum atomic E-state index is -1.79. The zero-order valence-corrected chi connectivity index (χ0v) is 15.3. The fourth-order valence-corrected chi connectivity index (χ4v) is 2.32. The molecule has 0 saturated heterocycles. The summed E-state index contributed by atoms with van der Waals surface area (Å²) in [6.07, 6.45) is -0.980. The van der Waals surface area contributed by atoms with E-state index in [0.717, 1.165) is 4.47 Å². The number of benzene rings is 2. The molecule has 0 fully saturated rings. The first-order valence-electron chi connectivity index (χ1n) is 6.41. The SMILES string of the molecule is O=C(N[C@@H](Nc1ccc(Br)cc1)C(Cl)(Cl)Cl)c1ccc(F)cc1. The fraction of sp³-hybridized carbons (Fsp3) is 0.133. The maximum atomic E-state index is 12.9. The minimum absolute atomic E-state index is 0.253. The molecule has 2 rings (SSSR count). The molecule has 0 aliphatic heterocycles. The normalized spacial score (nSPS) is 12.6. The lowest BCUT2D eigenvalue weighted by atomic mass is 10.2. The van der Waals surface area contributed by atoms with Crippen molar-refractivity contribution in [1.82, 2.24) is 5.32 Å². The second-order valence-corrected chi connectivity index (χ2v) is 7.89. The quantitative estimate of drug-likeness (QED) is 0.511. The number of anilines is 1. The van der Waals surface area contributed by atoms with Gasteiger partial charge in [-0.2, -0.15) is 0 Å². The number of nitrogens with one attached hydrogen (secondary N) is 2. The van der Waals surface area contributed by atoms with Crippen LogP contribution in [0.2, 0.25) is 0 Å².